The summed E-state index contributed by atoms with van der Waals surface area (Å²) in [5.41, 5.74) is 6.83. The van der Waals surface area contributed by atoms with E-state index < -0.39 is 0 Å². The van der Waals surface area contributed by atoms with Crippen LogP contribution in [0.3, 0.4) is 0 Å². The van der Waals surface area contributed by atoms with Crippen LogP contribution in [0, 0.1) is 0 Å². The van der Waals surface area contributed by atoms with Gasteiger partial charge >= 0.3 is 0 Å². The summed E-state index contributed by atoms with van der Waals surface area (Å²) < 4.78 is 0. The van der Waals surface area contributed by atoms with E-state index in [0.29, 0.717) is 11.9 Å². The predicted octanol–water partition coefficient (Wildman–Crippen LogP) is 1.41. The predicted molar refractivity (Wildman–Crippen MR) is 65.3 cm³/mol. The molecule has 2 rings (SSSR count). The molecule has 3 N–H and O–H groups in total. The molecule has 0 aromatic carbocycles. The van der Waals surface area contributed by atoms with E-state index in [0.717, 1.165) is 18.7 Å². The third kappa shape index (κ3) is 2.44. The van der Waals surface area contributed by atoms with Crippen molar-refractivity contribution in [3.8, 4) is 0 Å². The molecule has 88 valence electrons. The zero-order valence-electron chi connectivity index (χ0n) is 9.47. The van der Waals surface area contributed by atoms with Gasteiger partial charge in [-0.3, -0.25) is 0 Å². The van der Waals surface area contributed by atoms with Crippen molar-refractivity contribution in [2.45, 2.75) is 31.7 Å². The first-order chi connectivity index (χ1) is 7.81. The molecule has 0 bridgehead atoms. The lowest BCUT2D eigenvalue weighted by Gasteiger charge is -2.39. The van der Waals surface area contributed by atoms with E-state index in [9.17, 15) is 0 Å². The fourth-order valence-electron chi connectivity index (χ4n) is 2.08. The van der Waals surface area contributed by atoms with E-state index in [1.54, 1.807) is 6.20 Å². The molecule has 0 radical (unpaired) electrons. The molecular weight excluding hydrogens is 202 g/mol. The van der Waals surface area contributed by atoms with E-state index >= 15 is 0 Å². The van der Waals surface area contributed by atoms with Crippen LogP contribution in [0.25, 0.3) is 0 Å². The number of aromatic nitrogens is 1. The smallest absolute Gasteiger partial charge is 0.125 e. The molecule has 16 heavy (non-hydrogen) atoms. The minimum Gasteiger partial charge on any atom is -0.396 e. The van der Waals surface area contributed by atoms with Crippen LogP contribution in [0.2, 0.25) is 0 Å². The number of rotatable bonds is 5. The molecule has 1 aromatic heterocycles. The molecule has 4 heteroatoms. The minimum absolute atomic E-state index is 0.240. The molecule has 0 atom stereocenters. The molecule has 0 aliphatic heterocycles. The molecule has 1 heterocycles. The number of aliphatic hydroxyl groups is 1. The highest BCUT2D eigenvalue weighted by Crippen LogP contribution is 2.29. The number of aliphatic hydroxyl groups excluding tert-OH is 1. The Morgan fingerprint density at radius 2 is 2.31 bits per heavy atom. The molecular formula is C12H19N3O. The molecule has 1 aromatic rings. The molecule has 4 nitrogen and oxygen atoms in total. The topological polar surface area (TPSA) is 62.4 Å². The van der Waals surface area contributed by atoms with Gasteiger partial charge in [-0.1, -0.05) is 0 Å². The van der Waals surface area contributed by atoms with Crippen molar-refractivity contribution in [1.29, 1.82) is 0 Å². The first-order valence-electron chi connectivity index (χ1n) is 5.90. The molecule has 1 aliphatic rings. The van der Waals surface area contributed by atoms with E-state index in [4.69, 9.17) is 10.8 Å². The van der Waals surface area contributed by atoms with Crippen LogP contribution >= 0.6 is 0 Å². The second-order valence-corrected chi connectivity index (χ2v) is 4.29. The van der Waals surface area contributed by atoms with E-state index in [1.165, 1.54) is 19.3 Å². The number of pyridine rings is 1. The minimum atomic E-state index is 0.240. The Hall–Kier alpha value is -1.29. The Morgan fingerprint density at radius 1 is 1.50 bits per heavy atom. The molecule has 0 unspecified atom stereocenters. The van der Waals surface area contributed by atoms with E-state index in [1.807, 2.05) is 12.1 Å². The lowest BCUT2D eigenvalue weighted by molar-refractivity contribution is 0.283. The second-order valence-electron chi connectivity index (χ2n) is 4.29. The molecule has 0 amide bonds. The summed E-state index contributed by atoms with van der Waals surface area (Å²) in [5, 5.41) is 8.93. The molecule has 1 fully saturated rings. The SMILES string of the molecule is Nc1cc(N(CCCO)C2CCC2)ccn1. The van der Waals surface area contributed by atoms with Crippen molar-refractivity contribution >= 4 is 11.5 Å². The van der Waals surface area contributed by atoms with Crippen molar-refractivity contribution in [2.75, 3.05) is 23.8 Å². The number of hydrogen-bond acceptors (Lipinski definition) is 4. The fourth-order valence-corrected chi connectivity index (χ4v) is 2.08. The normalized spacial score (nSPS) is 15.8. The summed E-state index contributed by atoms with van der Waals surface area (Å²) >= 11 is 0. The third-order valence-corrected chi connectivity index (χ3v) is 3.17. The first-order valence-corrected chi connectivity index (χ1v) is 5.90. The largest absolute Gasteiger partial charge is 0.396 e. The summed E-state index contributed by atoms with van der Waals surface area (Å²) in [7, 11) is 0. The fraction of sp³-hybridized carbons (Fsp3) is 0.583. The van der Waals surface area contributed by atoms with Gasteiger partial charge in [-0.15, -0.1) is 0 Å². The van der Waals surface area contributed by atoms with Crippen LogP contribution in [-0.2, 0) is 0 Å². The van der Waals surface area contributed by atoms with Crippen LogP contribution in [0.1, 0.15) is 25.7 Å². The Kier molecular flexibility index (Phi) is 3.62. The quantitative estimate of drug-likeness (QED) is 0.789. The van der Waals surface area contributed by atoms with Gasteiger partial charge in [0.05, 0.1) is 0 Å². The first kappa shape index (κ1) is 11.2. The van der Waals surface area contributed by atoms with E-state index in [2.05, 4.69) is 9.88 Å². The maximum absolute atomic E-state index is 8.93. The molecule has 1 aliphatic carbocycles. The summed E-state index contributed by atoms with van der Waals surface area (Å²) in [5.74, 6) is 0.561. The van der Waals surface area contributed by atoms with Gasteiger partial charge in [-0.2, -0.15) is 0 Å². The average Bonchev–Trinajstić information content (AvgIpc) is 2.21. The zero-order valence-corrected chi connectivity index (χ0v) is 9.47. The van der Waals surface area contributed by atoms with Crippen molar-refractivity contribution in [3.63, 3.8) is 0 Å². The summed E-state index contributed by atoms with van der Waals surface area (Å²) in [4.78, 5) is 6.35. The van der Waals surface area contributed by atoms with Crippen LogP contribution < -0.4 is 10.6 Å². The average molecular weight is 221 g/mol. The number of nitrogens with two attached hydrogens (primary N) is 1. The Balaban J connectivity index is 2.10. The van der Waals surface area contributed by atoms with Crippen LogP contribution in [-0.4, -0.2) is 29.3 Å². The van der Waals surface area contributed by atoms with Gasteiger partial charge < -0.3 is 15.7 Å². The Bertz CT molecular complexity index is 339. The van der Waals surface area contributed by atoms with Gasteiger partial charge in [0.1, 0.15) is 5.82 Å². The van der Waals surface area contributed by atoms with Gasteiger partial charge in [0.2, 0.25) is 0 Å². The maximum atomic E-state index is 8.93. The van der Waals surface area contributed by atoms with Crippen molar-refractivity contribution in [2.24, 2.45) is 0 Å². The Labute approximate surface area is 96.1 Å². The van der Waals surface area contributed by atoms with Gasteiger partial charge in [0, 0.05) is 37.1 Å². The monoisotopic (exact) mass is 221 g/mol. The third-order valence-electron chi connectivity index (χ3n) is 3.17. The zero-order chi connectivity index (χ0) is 11.4. The maximum Gasteiger partial charge on any atom is 0.125 e. The van der Waals surface area contributed by atoms with Crippen LogP contribution in [0.4, 0.5) is 11.5 Å². The number of nitrogen functional groups attached to an aromatic ring is 1. The van der Waals surface area contributed by atoms with Gasteiger partial charge in [0.25, 0.3) is 0 Å². The van der Waals surface area contributed by atoms with Gasteiger partial charge in [-0.05, 0) is 31.7 Å². The number of hydrogen-bond donors (Lipinski definition) is 2. The molecule has 1 saturated carbocycles. The van der Waals surface area contributed by atoms with Crippen molar-refractivity contribution < 1.29 is 5.11 Å². The van der Waals surface area contributed by atoms with Gasteiger partial charge in [0.15, 0.2) is 0 Å². The van der Waals surface area contributed by atoms with Gasteiger partial charge in [-0.25, -0.2) is 4.98 Å². The highest BCUT2D eigenvalue weighted by Gasteiger charge is 2.24. The highest BCUT2D eigenvalue weighted by atomic mass is 16.3. The second kappa shape index (κ2) is 5.16. The number of nitrogens with zero attached hydrogens (tertiary/aromatic N) is 2. The summed E-state index contributed by atoms with van der Waals surface area (Å²) in [6.07, 6.45) is 6.34. The van der Waals surface area contributed by atoms with Crippen molar-refractivity contribution in [3.05, 3.63) is 18.3 Å². The summed E-state index contributed by atoms with van der Waals surface area (Å²) in [6, 6.07) is 4.52. The molecule has 0 spiro atoms. The van der Waals surface area contributed by atoms with Crippen molar-refractivity contribution in [1.82, 2.24) is 4.98 Å². The summed E-state index contributed by atoms with van der Waals surface area (Å²) in [6.45, 7) is 1.13. The standard InChI is InChI=1S/C12H19N3O/c13-12-9-11(5-6-14-12)15(7-2-8-16)10-3-1-4-10/h5-6,9-10,16H,1-4,7-8H2,(H2,13,14). The highest BCUT2D eigenvalue weighted by molar-refractivity contribution is 5.53. The van der Waals surface area contributed by atoms with E-state index in [-0.39, 0.29) is 6.61 Å². The Morgan fingerprint density at radius 3 is 2.88 bits per heavy atom. The molecule has 0 saturated heterocycles. The lowest BCUT2D eigenvalue weighted by atomic mass is 9.91. The van der Waals surface area contributed by atoms with Crippen LogP contribution in [0.5, 0.6) is 0 Å². The lowest BCUT2D eigenvalue weighted by Crippen LogP contribution is -2.41. The van der Waals surface area contributed by atoms with Crippen LogP contribution in [0.15, 0.2) is 18.3 Å². The number of anilines is 2.